The van der Waals surface area contributed by atoms with E-state index in [1.807, 2.05) is 0 Å². The van der Waals surface area contributed by atoms with E-state index in [-0.39, 0.29) is 10.6 Å². The van der Waals surface area contributed by atoms with Gasteiger partial charge >= 0.3 is 6.18 Å². The molecule has 0 aliphatic heterocycles. The van der Waals surface area contributed by atoms with Gasteiger partial charge in [-0.2, -0.15) is 17.9 Å². The summed E-state index contributed by atoms with van der Waals surface area (Å²) in [6.45, 7) is 5.17. The van der Waals surface area contributed by atoms with Gasteiger partial charge in [0.2, 0.25) is 15.9 Å². The molecule has 6 nitrogen and oxygen atoms in total. The van der Waals surface area contributed by atoms with Crippen LogP contribution in [-0.2, 0) is 21.0 Å². The van der Waals surface area contributed by atoms with Crippen LogP contribution < -0.4 is 14.8 Å². The smallest absolute Gasteiger partial charge is 0.417 e. The lowest BCUT2D eigenvalue weighted by molar-refractivity contribution is -0.137. The van der Waals surface area contributed by atoms with Crippen molar-refractivity contribution in [3.8, 4) is 5.75 Å². The second-order valence-electron chi connectivity index (χ2n) is 6.38. The van der Waals surface area contributed by atoms with Gasteiger partial charge in [-0.3, -0.25) is 4.79 Å². The Balaban J connectivity index is 2.14. The van der Waals surface area contributed by atoms with Gasteiger partial charge in [0.05, 0.1) is 28.1 Å². The molecule has 1 atom stereocenters. The molecule has 0 spiro atoms. The Morgan fingerprint density at radius 2 is 1.87 bits per heavy atom. The molecule has 2 aromatic carbocycles. The first-order valence-corrected chi connectivity index (χ1v) is 10.6. The van der Waals surface area contributed by atoms with Gasteiger partial charge < -0.3 is 10.1 Å². The Morgan fingerprint density at radius 3 is 2.43 bits per heavy atom. The maximum atomic E-state index is 12.9. The molecule has 0 heterocycles. The van der Waals surface area contributed by atoms with Crippen molar-refractivity contribution in [3.63, 3.8) is 0 Å². The summed E-state index contributed by atoms with van der Waals surface area (Å²) in [5.41, 5.74) is -0.683. The van der Waals surface area contributed by atoms with E-state index in [1.54, 1.807) is 13.8 Å². The predicted molar refractivity (Wildman–Crippen MR) is 107 cm³/mol. The van der Waals surface area contributed by atoms with E-state index in [1.165, 1.54) is 31.2 Å². The fourth-order valence-corrected chi connectivity index (χ4v) is 4.04. The zero-order chi connectivity index (χ0) is 22.7. The van der Waals surface area contributed by atoms with E-state index in [2.05, 4.69) is 10.0 Å². The molecular formula is C19H20ClF3N2O4S. The van der Waals surface area contributed by atoms with E-state index in [9.17, 15) is 26.4 Å². The van der Waals surface area contributed by atoms with E-state index in [0.717, 1.165) is 6.07 Å². The first-order valence-electron chi connectivity index (χ1n) is 8.78. The number of carbonyl (C=O) groups is 1. The van der Waals surface area contributed by atoms with Crippen molar-refractivity contribution in [2.45, 2.75) is 37.9 Å². The highest BCUT2D eigenvalue weighted by molar-refractivity contribution is 7.89. The second-order valence-corrected chi connectivity index (χ2v) is 8.51. The largest absolute Gasteiger partial charge is 0.494 e. The fraction of sp³-hybridized carbons (Fsp3) is 0.316. The number of rotatable bonds is 7. The van der Waals surface area contributed by atoms with Gasteiger partial charge in [-0.25, -0.2) is 8.42 Å². The monoisotopic (exact) mass is 464 g/mol. The standard InChI is InChI=1S/C19H20ClF3N2O4S/c1-4-29-17-8-6-14(9-11(17)2)30(27,28)25-12(3)18(26)24-13-5-7-16(20)15(10-13)19(21,22)23/h5-10,12,25H,4H2,1-3H3,(H,24,26)/t12-/m1/s1. The summed E-state index contributed by atoms with van der Waals surface area (Å²) in [5.74, 6) is -0.304. The third-order valence-corrected chi connectivity index (χ3v) is 5.89. The number of carbonyl (C=O) groups excluding carboxylic acids is 1. The Morgan fingerprint density at radius 1 is 1.20 bits per heavy atom. The van der Waals surface area contributed by atoms with Crippen molar-refractivity contribution >= 4 is 33.2 Å². The zero-order valence-corrected chi connectivity index (χ0v) is 17.9. The molecule has 0 aromatic heterocycles. The zero-order valence-electron chi connectivity index (χ0n) is 16.3. The molecule has 164 valence electrons. The molecule has 2 rings (SSSR count). The fourth-order valence-electron chi connectivity index (χ4n) is 2.53. The van der Waals surface area contributed by atoms with Crippen molar-refractivity contribution in [2.24, 2.45) is 0 Å². The molecule has 2 N–H and O–H groups in total. The predicted octanol–water partition coefficient (Wildman–Crippen LogP) is 4.37. The number of sulfonamides is 1. The van der Waals surface area contributed by atoms with Gasteiger partial charge in [-0.15, -0.1) is 0 Å². The minimum absolute atomic E-state index is 0.0750. The number of nitrogens with one attached hydrogen (secondary N) is 2. The maximum absolute atomic E-state index is 12.9. The van der Waals surface area contributed by atoms with Crippen LogP contribution in [0.1, 0.15) is 25.0 Å². The molecular weight excluding hydrogens is 445 g/mol. The lowest BCUT2D eigenvalue weighted by atomic mass is 10.2. The lowest BCUT2D eigenvalue weighted by Crippen LogP contribution is -2.41. The van der Waals surface area contributed by atoms with Crippen molar-refractivity contribution in [1.29, 1.82) is 0 Å². The summed E-state index contributed by atoms with van der Waals surface area (Å²) >= 11 is 5.55. The molecule has 0 bridgehead atoms. The first-order chi connectivity index (χ1) is 13.8. The van der Waals surface area contributed by atoms with E-state index < -0.39 is 38.7 Å². The number of anilines is 1. The molecule has 0 saturated heterocycles. The van der Waals surface area contributed by atoms with Crippen LogP contribution >= 0.6 is 11.6 Å². The molecule has 30 heavy (non-hydrogen) atoms. The van der Waals surface area contributed by atoms with E-state index in [4.69, 9.17) is 16.3 Å². The van der Waals surface area contributed by atoms with Gasteiger partial charge in [0, 0.05) is 5.69 Å². The number of ether oxygens (including phenoxy) is 1. The number of hydrogen-bond donors (Lipinski definition) is 2. The molecule has 0 saturated carbocycles. The molecule has 11 heteroatoms. The van der Waals surface area contributed by atoms with Crippen molar-refractivity contribution in [2.75, 3.05) is 11.9 Å². The topological polar surface area (TPSA) is 84.5 Å². The van der Waals surface area contributed by atoms with Crippen LogP contribution in [0.25, 0.3) is 0 Å². The van der Waals surface area contributed by atoms with Gasteiger partial charge in [0.1, 0.15) is 5.75 Å². The minimum Gasteiger partial charge on any atom is -0.494 e. The molecule has 0 aliphatic rings. The molecule has 0 unspecified atom stereocenters. The Bertz CT molecular complexity index is 1040. The summed E-state index contributed by atoms with van der Waals surface area (Å²) in [4.78, 5) is 12.2. The molecule has 2 aromatic rings. The third kappa shape index (κ3) is 5.87. The summed E-state index contributed by atoms with van der Waals surface area (Å²) in [7, 11) is -4.06. The van der Waals surface area contributed by atoms with Crippen LogP contribution in [0.5, 0.6) is 5.75 Å². The summed E-state index contributed by atoms with van der Waals surface area (Å²) < 4.78 is 71.5. The van der Waals surface area contributed by atoms with Crippen molar-refractivity contribution in [3.05, 3.63) is 52.5 Å². The van der Waals surface area contributed by atoms with Gasteiger partial charge in [0.25, 0.3) is 0 Å². The average Bonchev–Trinajstić information content (AvgIpc) is 2.63. The molecule has 0 aliphatic carbocycles. The van der Waals surface area contributed by atoms with Gasteiger partial charge in [0.15, 0.2) is 0 Å². The average molecular weight is 465 g/mol. The normalized spacial score (nSPS) is 13.0. The number of amides is 1. The van der Waals surface area contributed by atoms with E-state index in [0.29, 0.717) is 24.0 Å². The number of hydrogen-bond acceptors (Lipinski definition) is 4. The molecule has 0 radical (unpaired) electrons. The SMILES string of the molecule is CCOc1ccc(S(=O)(=O)N[C@H](C)C(=O)Nc2ccc(Cl)c(C(F)(F)F)c2)cc1C. The molecule has 1 amide bonds. The van der Waals surface area contributed by atoms with Crippen LogP contribution in [-0.4, -0.2) is 27.0 Å². The minimum atomic E-state index is -4.70. The maximum Gasteiger partial charge on any atom is 0.417 e. The molecule has 0 fully saturated rings. The second kappa shape index (κ2) is 9.23. The van der Waals surface area contributed by atoms with E-state index >= 15 is 0 Å². The first kappa shape index (κ1) is 24.0. The quantitative estimate of drug-likeness (QED) is 0.637. The number of halogens is 4. The number of alkyl halides is 3. The highest BCUT2D eigenvalue weighted by Crippen LogP contribution is 2.36. The number of benzene rings is 2. The van der Waals surface area contributed by atoms with Gasteiger partial charge in [-0.1, -0.05) is 11.6 Å². The lowest BCUT2D eigenvalue weighted by Gasteiger charge is -2.16. The van der Waals surface area contributed by atoms with Crippen LogP contribution in [0.4, 0.5) is 18.9 Å². The van der Waals surface area contributed by atoms with Crippen LogP contribution in [0, 0.1) is 6.92 Å². The van der Waals surface area contributed by atoms with Gasteiger partial charge in [-0.05, 0) is 62.7 Å². The summed E-state index contributed by atoms with van der Waals surface area (Å²) in [5, 5.41) is 1.73. The third-order valence-electron chi connectivity index (χ3n) is 4.02. The summed E-state index contributed by atoms with van der Waals surface area (Å²) in [6, 6.07) is 5.84. The van der Waals surface area contributed by atoms with Crippen molar-refractivity contribution in [1.82, 2.24) is 4.72 Å². The van der Waals surface area contributed by atoms with Crippen LogP contribution in [0.3, 0.4) is 0 Å². The highest BCUT2D eigenvalue weighted by Gasteiger charge is 2.33. The van der Waals surface area contributed by atoms with Crippen molar-refractivity contribution < 1.29 is 31.1 Å². The number of aryl methyl sites for hydroxylation is 1. The highest BCUT2D eigenvalue weighted by atomic mass is 35.5. The Labute approximate surface area is 177 Å². The Kier molecular flexibility index (Phi) is 7.38. The summed E-state index contributed by atoms with van der Waals surface area (Å²) in [6.07, 6.45) is -4.70. The van der Waals surface area contributed by atoms with Crippen LogP contribution in [0.15, 0.2) is 41.3 Å². The Hall–Kier alpha value is -2.30. The van der Waals surface area contributed by atoms with Crippen LogP contribution in [0.2, 0.25) is 5.02 Å².